The van der Waals surface area contributed by atoms with Crippen molar-refractivity contribution < 1.29 is 10.2 Å². The molecule has 0 atom stereocenters. The summed E-state index contributed by atoms with van der Waals surface area (Å²) < 4.78 is 0. The van der Waals surface area contributed by atoms with Crippen LogP contribution in [0.15, 0.2) is 41.4 Å². The lowest BCUT2D eigenvalue weighted by Gasteiger charge is -2.00. The van der Waals surface area contributed by atoms with E-state index in [1.165, 1.54) is 18.3 Å². The van der Waals surface area contributed by atoms with Gasteiger partial charge in [0.25, 0.3) is 0 Å². The molecule has 92 valence electrons. The molecule has 2 rings (SSSR count). The molecule has 4 heteroatoms. The van der Waals surface area contributed by atoms with Gasteiger partial charge in [0.15, 0.2) is 0 Å². The number of benzene rings is 2. The molecule has 0 aliphatic carbocycles. The fourth-order valence-electron chi connectivity index (χ4n) is 1.45. The molecule has 0 radical (unpaired) electrons. The molecule has 0 amide bonds. The molecule has 0 aromatic heterocycles. The van der Waals surface area contributed by atoms with Crippen molar-refractivity contribution in [1.82, 2.24) is 0 Å². The van der Waals surface area contributed by atoms with Gasteiger partial charge in [-0.3, -0.25) is 4.99 Å². The maximum atomic E-state index is 9.59. The van der Waals surface area contributed by atoms with Gasteiger partial charge < -0.3 is 10.2 Å². The number of aromatic hydroxyl groups is 2. The predicted octanol–water partition coefficient (Wildman–Crippen LogP) is 3.81. The molecular formula is C14H12ClNO2. The van der Waals surface area contributed by atoms with Crippen molar-refractivity contribution in [3.63, 3.8) is 0 Å². The number of aryl methyl sites for hydroxylation is 1. The Labute approximate surface area is 110 Å². The summed E-state index contributed by atoms with van der Waals surface area (Å²) in [6, 6.07) is 9.82. The van der Waals surface area contributed by atoms with Crippen LogP contribution in [0.25, 0.3) is 0 Å². The minimum Gasteiger partial charge on any atom is -0.508 e. The van der Waals surface area contributed by atoms with Crippen LogP contribution in [0, 0.1) is 6.92 Å². The molecule has 0 aliphatic rings. The summed E-state index contributed by atoms with van der Waals surface area (Å²) in [7, 11) is 0. The van der Waals surface area contributed by atoms with Gasteiger partial charge in [-0.15, -0.1) is 0 Å². The number of hydrogen-bond donors (Lipinski definition) is 2. The van der Waals surface area contributed by atoms with E-state index < -0.39 is 0 Å². The fourth-order valence-corrected chi connectivity index (χ4v) is 1.62. The normalized spacial score (nSPS) is 11.0. The van der Waals surface area contributed by atoms with Crippen LogP contribution >= 0.6 is 11.6 Å². The summed E-state index contributed by atoms with van der Waals surface area (Å²) in [5.41, 5.74) is 2.23. The molecule has 0 fully saturated rings. The second-order valence-electron chi connectivity index (χ2n) is 3.93. The third kappa shape index (κ3) is 2.81. The van der Waals surface area contributed by atoms with Gasteiger partial charge in [0.05, 0.1) is 5.69 Å². The number of nitrogens with zero attached hydrogens (tertiary/aromatic N) is 1. The third-order valence-corrected chi connectivity index (χ3v) is 2.93. The van der Waals surface area contributed by atoms with E-state index in [4.69, 9.17) is 16.7 Å². The first-order valence-corrected chi connectivity index (χ1v) is 5.76. The topological polar surface area (TPSA) is 52.8 Å². The van der Waals surface area contributed by atoms with Crippen LogP contribution in [0.4, 0.5) is 5.69 Å². The number of hydrogen-bond acceptors (Lipinski definition) is 3. The standard InChI is InChI=1S/C14H12ClNO2/c1-9-2-4-11(6-13(9)15)16-8-10-3-5-12(17)7-14(10)18/h2-8,17-18H,1H3. The highest BCUT2D eigenvalue weighted by Crippen LogP contribution is 2.24. The number of rotatable bonds is 2. The van der Waals surface area contributed by atoms with Crippen LogP contribution in [0.1, 0.15) is 11.1 Å². The van der Waals surface area contributed by atoms with E-state index in [0.717, 1.165) is 5.56 Å². The molecule has 0 saturated carbocycles. The summed E-state index contributed by atoms with van der Waals surface area (Å²) in [5.74, 6) is -0.0000102. The maximum absolute atomic E-state index is 9.59. The highest BCUT2D eigenvalue weighted by molar-refractivity contribution is 6.31. The Hall–Kier alpha value is -2.00. The Balaban J connectivity index is 2.27. The minimum absolute atomic E-state index is 0.0167. The van der Waals surface area contributed by atoms with Gasteiger partial charge in [0.1, 0.15) is 11.5 Å². The molecule has 2 aromatic rings. The number of phenols is 2. The van der Waals surface area contributed by atoms with E-state index in [0.29, 0.717) is 16.3 Å². The lowest BCUT2D eigenvalue weighted by atomic mass is 10.2. The summed E-state index contributed by atoms with van der Waals surface area (Å²) in [5, 5.41) is 19.4. The highest BCUT2D eigenvalue weighted by atomic mass is 35.5. The van der Waals surface area contributed by atoms with Gasteiger partial charge in [-0.1, -0.05) is 17.7 Å². The molecule has 2 N–H and O–H groups in total. The van der Waals surface area contributed by atoms with Crippen molar-refractivity contribution in [2.75, 3.05) is 0 Å². The highest BCUT2D eigenvalue weighted by Gasteiger charge is 2.00. The zero-order valence-electron chi connectivity index (χ0n) is 9.76. The van der Waals surface area contributed by atoms with E-state index in [9.17, 15) is 5.11 Å². The number of aliphatic imine (C=N–C) groups is 1. The second-order valence-corrected chi connectivity index (χ2v) is 4.34. The minimum atomic E-state index is -0.0167. The lowest BCUT2D eigenvalue weighted by Crippen LogP contribution is -1.82. The molecule has 0 unspecified atom stereocenters. The number of halogens is 1. The Kier molecular flexibility index (Phi) is 3.53. The van der Waals surface area contributed by atoms with E-state index in [1.807, 2.05) is 19.1 Å². The molecule has 0 saturated heterocycles. The quantitative estimate of drug-likeness (QED) is 0.808. The second kappa shape index (κ2) is 5.10. The predicted molar refractivity (Wildman–Crippen MR) is 73.2 cm³/mol. The Morgan fingerprint density at radius 3 is 2.56 bits per heavy atom. The lowest BCUT2D eigenvalue weighted by molar-refractivity contribution is 0.450. The zero-order chi connectivity index (χ0) is 13.1. The van der Waals surface area contributed by atoms with Crippen LogP contribution in [-0.2, 0) is 0 Å². The Bertz CT molecular complexity index is 609. The Morgan fingerprint density at radius 1 is 1.11 bits per heavy atom. The van der Waals surface area contributed by atoms with Crippen molar-refractivity contribution in [2.24, 2.45) is 4.99 Å². The average Bonchev–Trinajstić information content (AvgIpc) is 2.32. The average molecular weight is 262 g/mol. The van der Waals surface area contributed by atoms with E-state index in [-0.39, 0.29) is 11.5 Å². The monoisotopic (exact) mass is 261 g/mol. The van der Waals surface area contributed by atoms with Gasteiger partial charge in [-0.05, 0) is 36.8 Å². The molecule has 0 spiro atoms. The van der Waals surface area contributed by atoms with Crippen molar-refractivity contribution in [3.8, 4) is 11.5 Å². The molecular weight excluding hydrogens is 250 g/mol. The van der Waals surface area contributed by atoms with Crippen molar-refractivity contribution >= 4 is 23.5 Å². The summed E-state index contributed by atoms with van der Waals surface area (Å²) in [6.45, 7) is 1.92. The molecule has 18 heavy (non-hydrogen) atoms. The van der Waals surface area contributed by atoms with Crippen molar-refractivity contribution in [1.29, 1.82) is 0 Å². The smallest absolute Gasteiger partial charge is 0.128 e. The van der Waals surface area contributed by atoms with Gasteiger partial charge >= 0.3 is 0 Å². The van der Waals surface area contributed by atoms with E-state index in [2.05, 4.69) is 4.99 Å². The first-order valence-electron chi connectivity index (χ1n) is 5.38. The van der Waals surface area contributed by atoms with E-state index in [1.54, 1.807) is 12.1 Å². The summed E-state index contributed by atoms with van der Waals surface area (Å²) >= 11 is 5.99. The van der Waals surface area contributed by atoms with Gasteiger partial charge in [-0.25, -0.2) is 0 Å². The largest absolute Gasteiger partial charge is 0.508 e. The van der Waals surface area contributed by atoms with Crippen molar-refractivity contribution in [2.45, 2.75) is 6.92 Å². The van der Waals surface area contributed by atoms with Gasteiger partial charge in [0.2, 0.25) is 0 Å². The first kappa shape index (κ1) is 12.5. The van der Waals surface area contributed by atoms with Crippen LogP contribution in [0.2, 0.25) is 5.02 Å². The van der Waals surface area contributed by atoms with Gasteiger partial charge in [-0.2, -0.15) is 0 Å². The maximum Gasteiger partial charge on any atom is 0.128 e. The first-order chi connectivity index (χ1) is 8.56. The van der Waals surface area contributed by atoms with Crippen LogP contribution in [0.3, 0.4) is 0 Å². The number of phenolic OH excluding ortho intramolecular Hbond substituents is 2. The SMILES string of the molecule is Cc1ccc(N=Cc2ccc(O)cc2O)cc1Cl. The fraction of sp³-hybridized carbons (Fsp3) is 0.0714. The molecule has 0 heterocycles. The molecule has 0 aliphatic heterocycles. The van der Waals surface area contributed by atoms with Crippen LogP contribution in [-0.4, -0.2) is 16.4 Å². The Morgan fingerprint density at radius 2 is 1.89 bits per heavy atom. The molecule has 0 bridgehead atoms. The van der Waals surface area contributed by atoms with Crippen LogP contribution < -0.4 is 0 Å². The summed E-state index contributed by atoms with van der Waals surface area (Å²) in [4.78, 5) is 4.22. The third-order valence-electron chi connectivity index (χ3n) is 2.52. The molecule has 2 aromatic carbocycles. The molecule has 3 nitrogen and oxygen atoms in total. The van der Waals surface area contributed by atoms with Gasteiger partial charge in [0, 0.05) is 22.9 Å². The van der Waals surface area contributed by atoms with Crippen molar-refractivity contribution in [3.05, 3.63) is 52.5 Å². The summed E-state index contributed by atoms with van der Waals surface area (Å²) in [6.07, 6.45) is 1.52. The zero-order valence-corrected chi connectivity index (χ0v) is 10.5. The van der Waals surface area contributed by atoms with Crippen LogP contribution in [0.5, 0.6) is 11.5 Å². The van der Waals surface area contributed by atoms with E-state index >= 15 is 0 Å².